The van der Waals surface area contributed by atoms with Crippen molar-refractivity contribution < 1.29 is 9.90 Å². The van der Waals surface area contributed by atoms with Crippen molar-refractivity contribution in [3.8, 4) is 0 Å². The van der Waals surface area contributed by atoms with Gasteiger partial charge in [0.1, 0.15) is 0 Å². The highest BCUT2D eigenvalue weighted by molar-refractivity contribution is 5.82. The molecule has 2 atom stereocenters. The zero-order valence-electron chi connectivity index (χ0n) is 13.8. The number of rotatable bonds is 5. The van der Waals surface area contributed by atoms with E-state index in [0.717, 1.165) is 25.9 Å². The van der Waals surface area contributed by atoms with Crippen molar-refractivity contribution in [2.75, 3.05) is 19.6 Å². The molecule has 0 radical (unpaired) electrons. The molecule has 2 unspecified atom stereocenters. The van der Waals surface area contributed by atoms with E-state index in [0.29, 0.717) is 18.9 Å². The second-order valence-corrected chi connectivity index (χ2v) is 7.89. The lowest BCUT2D eigenvalue weighted by atomic mass is 9.74. The Kier molecular flexibility index (Phi) is 6.02. The van der Waals surface area contributed by atoms with Gasteiger partial charge in [-0.3, -0.25) is 4.79 Å². The van der Waals surface area contributed by atoms with Crippen LogP contribution in [0.5, 0.6) is 0 Å². The topological polar surface area (TPSA) is 61.4 Å². The summed E-state index contributed by atoms with van der Waals surface area (Å²) in [4.78, 5) is 12.4. The zero-order chi connectivity index (χ0) is 15.4. The van der Waals surface area contributed by atoms with Crippen LogP contribution in [0, 0.1) is 16.7 Å². The maximum absolute atomic E-state index is 12.4. The summed E-state index contributed by atoms with van der Waals surface area (Å²) in [6.45, 7) is 12.6. The van der Waals surface area contributed by atoms with Gasteiger partial charge in [-0.15, -0.1) is 0 Å². The summed E-state index contributed by atoms with van der Waals surface area (Å²) in [5, 5.41) is 16.3. The molecule has 1 fully saturated rings. The van der Waals surface area contributed by atoms with E-state index in [-0.39, 0.29) is 16.7 Å². The molecule has 0 aromatic carbocycles. The van der Waals surface area contributed by atoms with Gasteiger partial charge in [0.25, 0.3) is 0 Å². The predicted octanol–water partition coefficient (Wildman–Crippen LogP) is 1.93. The highest BCUT2D eigenvalue weighted by atomic mass is 16.3. The van der Waals surface area contributed by atoms with E-state index in [9.17, 15) is 9.90 Å². The quantitative estimate of drug-likeness (QED) is 0.723. The first-order chi connectivity index (χ1) is 9.13. The van der Waals surface area contributed by atoms with Gasteiger partial charge in [-0.2, -0.15) is 0 Å². The fraction of sp³-hybridized carbons (Fsp3) is 0.938. The maximum Gasteiger partial charge on any atom is 0.226 e. The van der Waals surface area contributed by atoms with Gasteiger partial charge in [0, 0.05) is 12.0 Å². The Morgan fingerprint density at radius 2 is 2.00 bits per heavy atom. The molecule has 4 nitrogen and oxygen atoms in total. The Hall–Kier alpha value is -0.610. The molecule has 0 spiro atoms. The number of hydrogen-bond acceptors (Lipinski definition) is 3. The second kappa shape index (κ2) is 6.90. The first-order valence-electron chi connectivity index (χ1n) is 7.80. The van der Waals surface area contributed by atoms with Crippen LogP contribution in [0.3, 0.4) is 0 Å². The Bertz CT molecular complexity index is 315. The number of aliphatic hydroxyl groups excluding tert-OH is 1. The number of hydrogen-bond donors (Lipinski definition) is 3. The van der Waals surface area contributed by atoms with Gasteiger partial charge < -0.3 is 15.7 Å². The van der Waals surface area contributed by atoms with E-state index in [1.165, 1.54) is 0 Å². The minimum atomic E-state index is -0.473. The van der Waals surface area contributed by atoms with Gasteiger partial charge in [-0.25, -0.2) is 0 Å². The number of nitrogens with one attached hydrogen (secondary N) is 2. The number of amides is 1. The largest absolute Gasteiger partial charge is 0.391 e. The third-order valence-corrected chi connectivity index (χ3v) is 4.25. The molecule has 1 aliphatic heterocycles. The SMILES string of the molecule is CC(C)(C)CC(O)CNC(=O)C(C)(C)C1CCCNC1. The fourth-order valence-corrected chi connectivity index (χ4v) is 2.87. The summed E-state index contributed by atoms with van der Waals surface area (Å²) < 4.78 is 0. The Balaban J connectivity index is 2.44. The summed E-state index contributed by atoms with van der Waals surface area (Å²) in [7, 11) is 0. The van der Waals surface area contributed by atoms with Crippen LogP contribution in [0.1, 0.15) is 53.9 Å². The molecule has 0 aromatic rings. The van der Waals surface area contributed by atoms with Crippen molar-refractivity contribution in [1.29, 1.82) is 0 Å². The van der Waals surface area contributed by atoms with Crippen LogP contribution < -0.4 is 10.6 Å². The Labute approximate surface area is 123 Å². The molecule has 1 heterocycles. The van der Waals surface area contributed by atoms with E-state index in [1.54, 1.807) is 0 Å². The summed E-state index contributed by atoms with van der Waals surface area (Å²) in [5.41, 5.74) is -0.304. The van der Waals surface area contributed by atoms with Crippen LogP contribution in [0.15, 0.2) is 0 Å². The van der Waals surface area contributed by atoms with E-state index in [1.807, 2.05) is 13.8 Å². The average molecular weight is 284 g/mol. The van der Waals surface area contributed by atoms with Crippen LogP contribution in [0.2, 0.25) is 0 Å². The fourth-order valence-electron chi connectivity index (χ4n) is 2.87. The minimum absolute atomic E-state index is 0.0548. The second-order valence-electron chi connectivity index (χ2n) is 7.89. The molecule has 4 heteroatoms. The molecule has 1 aliphatic rings. The number of piperidine rings is 1. The molecule has 20 heavy (non-hydrogen) atoms. The zero-order valence-corrected chi connectivity index (χ0v) is 13.8. The van der Waals surface area contributed by atoms with Crippen molar-refractivity contribution in [3.05, 3.63) is 0 Å². The van der Waals surface area contributed by atoms with Crippen LogP contribution in [0.4, 0.5) is 0 Å². The molecule has 0 aromatic heterocycles. The number of aliphatic hydroxyl groups is 1. The third kappa shape index (κ3) is 5.41. The molecular formula is C16H32N2O2. The van der Waals surface area contributed by atoms with E-state index in [4.69, 9.17) is 0 Å². The van der Waals surface area contributed by atoms with Crippen molar-refractivity contribution in [1.82, 2.24) is 10.6 Å². The van der Waals surface area contributed by atoms with Crippen LogP contribution in [-0.4, -0.2) is 36.8 Å². The van der Waals surface area contributed by atoms with Gasteiger partial charge >= 0.3 is 0 Å². The average Bonchev–Trinajstić information content (AvgIpc) is 2.35. The van der Waals surface area contributed by atoms with Crippen molar-refractivity contribution in [3.63, 3.8) is 0 Å². The molecule has 1 saturated heterocycles. The molecule has 3 N–H and O–H groups in total. The Morgan fingerprint density at radius 3 is 2.50 bits per heavy atom. The van der Waals surface area contributed by atoms with Crippen LogP contribution in [0.25, 0.3) is 0 Å². The lowest BCUT2D eigenvalue weighted by Gasteiger charge is -2.36. The first kappa shape index (κ1) is 17.4. The number of carbonyl (C=O) groups excluding carboxylic acids is 1. The Morgan fingerprint density at radius 1 is 1.35 bits per heavy atom. The summed E-state index contributed by atoms with van der Waals surface area (Å²) in [6.07, 6.45) is 2.45. The minimum Gasteiger partial charge on any atom is -0.391 e. The molecule has 0 aliphatic carbocycles. The predicted molar refractivity (Wildman–Crippen MR) is 82.5 cm³/mol. The van der Waals surface area contributed by atoms with Crippen LogP contribution in [-0.2, 0) is 4.79 Å². The van der Waals surface area contributed by atoms with E-state index < -0.39 is 6.10 Å². The summed E-state index contributed by atoms with van der Waals surface area (Å²) in [5.74, 6) is 0.426. The highest BCUT2D eigenvalue weighted by Crippen LogP contribution is 2.32. The normalized spacial score (nSPS) is 22.4. The molecular weight excluding hydrogens is 252 g/mol. The number of carbonyl (C=O) groups is 1. The van der Waals surface area contributed by atoms with Crippen molar-refractivity contribution in [2.45, 2.75) is 60.0 Å². The van der Waals surface area contributed by atoms with Gasteiger partial charge in [0.15, 0.2) is 0 Å². The molecule has 1 amide bonds. The highest BCUT2D eigenvalue weighted by Gasteiger charge is 2.37. The van der Waals surface area contributed by atoms with Gasteiger partial charge in [0.05, 0.1) is 6.10 Å². The standard InChI is InChI=1S/C16H32N2O2/c1-15(2,3)9-13(19)11-18-14(20)16(4,5)12-7-6-8-17-10-12/h12-13,17,19H,6-11H2,1-5H3,(H,18,20). The van der Waals surface area contributed by atoms with Gasteiger partial charge in [-0.05, 0) is 43.7 Å². The lowest BCUT2D eigenvalue weighted by molar-refractivity contribution is -0.133. The molecule has 1 rings (SSSR count). The third-order valence-electron chi connectivity index (χ3n) is 4.25. The summed E-state index contributed by atoms with van der Waals surface area (Å²) in [6, 6.07) is 0. The van der Waals surface area contributed by atoms with Gasteiger partial charge in [-0.1, -0.05) is 34.6 Å². The monoisotopic (exact) mass is 284 g/mol. The van der Waals surface area contributed by atoms with Crippen molar-refractivity contribution >= 4 is 5.91 Å². The molecule has 0 bridgehead atoms. The maximum atomic E-state index is 12.4. The van der Waals surface area contributed by atoms with E-state index in [2.05, 4.69) is 31.4 Å². The van der Waals surface area contributed by atoms with Crippen LogP contribution >= 0.6 is 0 Å². The molecule has 118 valence electrons. The van der Waals surface area contributed by atoms with Crippen molar-refractivity contribution in [2.24, 2.45) is 16.7 Å². The lowest BCUT2D eigenvalue weighted by Crippen LogP contribution is -2.48. The molecule has 0 saturated carbocycles. The summed E-state index contributed by atoms with van der Waals surface area (Å²) >= 11 is 0. The van der Waals surface area contributed by atoms with E-state index >= 15 is 0 Å². The smallest absolute Gasteiger partial charge is 0.226 e. The van der Waals surface area contributed by atoms with Gasteiger partial charge in [0.2, 0.25) is 5.91 Å². The first-order valence-corrected chi connectivity index (χ1v) is 7.80.